The van der Waals surface area contributed by atoms with Crippen LogP contribution in [0.1, 0.15) is 24.5 Å². The summed E-state index contributed by atoms with van der Waals surface area (Å²) in [7, 11) is 3.19. The number of ether oxygens (including phenoxy) is 3. The summed E-state index contributed by atoms with van der Waals surface area (Å²) in [5, 5.41) is 2.97. The van der Waals surface area contributed by atoms with E-state index in [2.05, 4.69) is 5.32 Å². The van der Waals surface area contributed by atoms with Gasteiger partial charge in [0.1, 0.15) is 23.3 Å². The van der Waals surface area contributed by atoms with E-state index in [-0.39, 0.29) is 25.0 Å². The molecule has 0 heterocycles. The van der Waals surface area contributed by atoms with Crippen molar-refractivity contribution in [2.75, 3.05) is 27.4 Å². The van der Waals surface area contributed by atoms with Gasteiger partial charge in [-0.2, -0.15) is 0 Å². The van der Waals surface area contributed by atoms with E-state index in [0.29, 0.717) is 30.2 Å². The molecular weight excluding hydrogens is 456 g/mol. The Morgan fingerprint density at radius 1 is 0.833 bits per heavy atom. The van der Waals surface area contributed by atoms with Crippen molar-refractivity contribution >= 4 is 11.8 Å². The van der Waals surface area contributed by atoms with Gasteiger partial charge in [0, 0.05) is 19.5 Å². The topological polar surface area (TPSA) is 77.1 Å². The fraction of sp³-hybridized carbons (Fsp3) is 0.310. The van der Waals surface area contributed by atoms with E-state index >= 15 is 0 Å². The summed E-state index contributed by atoms with van der Waals surface area (Å²) in [4.78, 5) is 28.5. The number of amides is 2. The van der Waals surface area contributed by atoms with Gasteiger partial charge < -0.3 is 24.4 Å². The van der Waals surface area contributed by atoms with Crippen LogP contribution in [0.15, 0.2) is 78.9 Å². The Morgan fingerprint density at radius 3 is 2.17 bits per heavy atom. The van der Waals surface area contributed by atoms with Crippen molar-refractivity contribution < 1.29 is 23.8 Å². The standard InChI is InChI=1S/C29H34N2O5/c1-4-17-30-29(33)27(19-22-9-6-5-7-10-22)31(20-23-11-8-12-26(18-23)35-3)28(32)21-36-25-15-13-24(34-2)14-16-25/h5-16,18,27H,4,17,19-21H2,1-3H3,(H,30,33)/t27-/m1/s1. The van der Waals surface area contributed by atoms with Crippen molar-refractivity contribution in [3.8, 4) is 17.2 Å². The minimum absolute atomic E-state index is 0.193. The third-order valence-corrected chi connectivity index (χ3v) is 5.73. The first-order valence-electron chi connectivity index (χ1n) is 12.0. The Hall–Kier alpha value is -4.00. The molecule has 3 rings (SSSR count). The molecule has 0 aliphatic rings. The maximum atomic E-state index is 13.6. The van der Waals surface area contributed by atoms with Crippen LogP contribution in [-0.4, -0.2) is 50.1 Å². The lowest BCUT2D eigenvalue weighted by Gasteiger charge is -2.31. The van der Waals surface area contributed by atoms with Crippen LogP contribution in [0.25, 0.3) is 0 Å². The number of nitrogens with zero attached hydrogens (tertiary/aromatic N) is 1. The number of hydrogen-bond donors (Lipinski definition) is 1. The summed E-state index contributed by atoms with van der Waals surface area (Å²) < 4.78 is 16.3. The van der Waals surface area contributed by atoms with E-state index in [4.69, 9.17) is 14.2 Å². The van der Waals surface area contributed by atoms with Crippen LogP contribution in [0.5, 0.6) is 17.2 Å². The van der Waals surface area contributed by atoms with Crippen molar-refractivity contribution in [2.45, 2.75) is 32.4 Å². The third-order valence-electron chi connectivity index (χ3n) is 5.73. The van der Waals surface area contributed by atoms with Crippen LogP contribution in [0.4, 0.5) is 0 Å². The minimum Gasteiger partial charge on any atom is -0.497 e. The Labute approximate surface area is 213 Å². The molecular formula is C29H34N2O5. The van der Waals surface area contributed by atoms with Crippen LogP contribution in [0, 0.1) is 0 Å². The van der Waals surface area contributed by atoms with E-state index in [1.54, 1.807) is 43.4 Å². The Morgan fingerprint density at radius 2 is 1.50 bits per heavy atom. The molecule has 0 aliphatic carbocycles. The summed E-state index contributed by atoms with van der Waals surface area (Å²) >= 11 is 0. The number of carbonyl (C=O) groups is 2. The van der Waals surface area contributed by atoms with Gasteiger partial charge in [-0.3, -0.25) is 9.59 Å². The highest BCUT2D eigenvalue weighted by Gasteiger charge is 2.30. The molecule has 7 heteroatoms. The molecule has 0 radical (unpaired) electrons. The quantitative estimate of drug-likeness (QED) is 0.388. The highest BCUT2D eigenvalue weighted by Crippen LogP contribution is 2.20. The molecule has 0 fully saturated rings. The van der Waals surface area contributed by atoms with E-state index in [1.807, 2.05) is 61.5 Å². The zero-order chi connectivity index (χ0) is 25.8. The second-order valence-electron chi connectivity index (χ2n) is 8.33. The molecule has 1 atom stereocenters. The average Bonchev–Trinajstić information content (AvgIpc) is 2.93. The van der Waals surface area contributed by atoms with Gasteiger partial charge in [-0.1, -0.05) is 49.4 Å². The zero-order valence-corrected chi connectivity index (χ0v) is 21.1. The molecule has 0 saturated heterocycles. The molecule has 1 N–H and O–H groups in total. The van der Waals surface area contributed by atoms with Gasteiger partial charge in [-0.15, -0.1) is 0 Å². The Kier molecular flexibility index (Phi) is 10.2. The van der Waals surface area contributed by atoms with Gasteiger partial charge in [-0.05, 0) is 53.9 Å². The van der Waals surface area contributed by atoms with Crippen molar-refractivity contribution in [1.29, 1.82) is 0 Å². The van der Waals surface area contributed by atoms with Gasteiger partial charge in [0.15, 0.2) is 6.61 Å². The zero-order valence-electron chi connectivity index (χ0n) is 21.1. The Bertz CT molecular complexity index is 1100. The molecule has 3 aromatic rings. The highest BCUT2D eigenvalue weighted by atomic mass is 16.5. The fourth-order valence-corrected chi connectivity index (χ4v) is 3.79. The number of methoxy groups -OCH3 is 2. The second-order valence-corrected chi connectivity index (χ2v) is 8.33. The monoisotopic (exact) mass is 490 g/mol. The molecule has 0 bridgehead atoms. The molecule has 7 nitrogen and oxygen atoms in total. The predicted octanol–water partition coefficient (Wildman–Crippen LogP) is 4.25. The van der Waals surface area contributed by atoms with Gasteiger partial charge in [0.25, 0.3) is 5.91 Å². The maximum Gasteiger partial charge on any atom is 0.261 e. The predicted molar refractivity (Wildman–Crippen MR) is 139 cm³/mol. The minimum atomic E-state index is -0.711. The number of hydrogen-bond acceptors (Lipinski definition) is 5. The summed E-state index contributed by atoms with van der Waals surface area (Å²) in [5.74, 6) is 1.44. The van der Waals surface area contributed by atoms with E-state index in [9.17, 15) is 9.59 Å². The summed E-state index contributed by atoms with van der Waals surface area (Å²) in [6.45, 7) is 2.56. The molecule has 0 saturated carbocycles. The molecule has 190 valence electrons. The lowest BCUT2D eigenvalue weighted by atomic mass is 10.0. The van der Waals surface area contributed by atoms with E-state index < -0.39 is 6.04 Å². The molecule has 36 heavy (non-hydrogen) atoms. The van der Waals surface area contributed by atoms with Crippen LogP contribution in [-0.2, 0) is 22.6 Å². The van der Waals surface area contributed by atoms with Crippen molar-refractivity contribution in [1.82, 2.24) is 10.2 Å². The SMILES string of the molecule is CCCNC(=O)[C@@H](Cc1ccccc1)N(Cc1cccc(OC)c1)C(=O)COc1ccc(OC)cc1. The fourth-order valence-electron chi connectivity index (χ4n) is 3.79. The molecule has 0 aliphatic heterocycles. The first kappa shape index (κ1) is 26.6. The van der Waals surface area contributed by atoms with Gasteiger partial charge in [0.05, 0.1) is 14.2 Å². The third kappa shape index (κ3) is 7.77. The first-order chi connectivity index (χ1) is 17.5. The van der Waals surface area contributed by atoms with Gasteiger partial charge >= 0.3 is 0 Å². The summed E-state index contributed by atoms with van der Waals surface area (Å²) in [6, 6.07) is 23.5. The maximum absolute atomic E-state index is 13.6. The van der Waals surface area contributed by atoms with Crippen LogP contribution in [0.3, 0.4) is 0 Å². The molecule has 0 spiro atoms. The molecule has 2 amide bonds. The summed E-state index contributed by atoms with van der Waals surface area (Å²) in [5.41, 5.74) is 1.82. The normalized spacial score (nSPS) is 11.3. The Balaban J connectivity index is 1.88. The second kappa shape index (κ2) is 13.8. The first-order valence-corrected chi connectivity index (χ1v) is 12.0. The number of nitrogens with one attached hydrogen (secondary N) is 1. The lowest BCUT2D eigenvalue weighted by molar-refractivity contribution is -0.142. The highest BCUT2D eigenvalue weighted by molar-refractivity contribution is 5.88. The summed E-state index contributed by atoms with van der Waals surface area (Å²) in [6.07, 6.45) is 1.18. The van der Waals surface area contributed by atoms with Gasteiger partial charge in [-0.25, -0.2) is 0 Å². The largest absolute Gasteiger partial charge is 0.497 e. The smallest absolute Gasteiger partial charge is 0.261 e. The van der Waals surface area contributed by atoms with E-state index in [1.165, 1.54) is 0 Å². The number of rotatable bonds is 13. The van der Waals surface area contributed by atoms with Crippen LogP contribution in [0.2, 0.25) is 0 Å². The average molecular weight is 491 g/mol. The molecule has 3 aromatic carbocycles. The van der Waals surface area contributed by atoms with E-state index in [0.717, 1.165) is 17.5 Å². The van der Waals surface area contributed by atoms with Crippen molar-refractivity contribution in [2.24, 2.45) is 0 Å². The van der Waals surface area contributed by atoms with Crippen molar-refractivity contribution in [3.05, 3.63) is 90.0 Å². The number of benzene rings is 3. The van der Waals surface area contributed by atoms with Crippen LogP contribution >= 0.6 is 0 Å². The molecule has 0 aromatic heterocycles. The molecule has 0 unspecified atom stereocenters. The lowest BCUT2D eigenvalue weighted by Crippen LogP contribution is -2.51. The van der Waals surface area contributed by atoms with Crippen molar-refractivity contribution in [3.63, 3.8) is 0 Å². The van der Waals surface area contributed by atoms with Crippen LogP contribution < -0.4 is 19.5 Å². The number of carbonyl (C=O) groups excluding carboxylic acids is 2. The van der Waals surface area contributed by atoms with Gasteiger partial charge in [0.2, 0.25) is 5.91 Å².